The Kier molecular flexibility index (Phi) is 6.04. The summed E-state index contributed by atoms with van der Waals surface area (Å²) >= 11 is 0. The van der Waals surface area contributed by atoms with E-state index in [1.165, 1.54) is 61.1 Å². The molecule has 164 valence electrons. The SMILES string of the molecule is COc1cc(CN(C)C(=O)c2cnc3c(c2)c(=O)n(C)c(=O)n3C)ccc1OC(F)F. The zero-order valence-corrected chi connectivity index (χ0v) is 17.3. The van der Waals surface area contributed by atoms with Crippen molar-refractivity contribution < 1.29 is 23.0 Å². The van der Waals surface area contributed by atoms with Crippen molar-refractivity contribution in [1.29, 1.82) is 0 Å². The fourth-order valence-corrected chi connectivity index (χ4v) is 3.15. The first-order valence-corrected chi connectivity index (χ1v) is 9.07. The Balaban J connectivity index is 1.89. The van der Waals surface area contributed by atoms with E-state index in [1.54, 1.807) is 7.05 Å². The fourth-order valence-electron chi connectivity index (χ4n) is 3.15. The third-order valence-electron chi connectivity index (χ3n) is 4.75. The molecular formula is C20H20F2N4O5. The highest BCUT2D eigenvalue weighted by molar-refractivity contribution is 5.96. The first-order valence-electron chi connectivity index (χ1n) is 9.07. The highest BCUT2D eigenvalue weighted by atomic mass is 19.3. The van der Waals surface area contributed by atoms with E-state index in [1.807, 2.05) is 0 Å². The van der Waals surface area contributed by atoms with E-state index in [-0.39, 0.29) is 34.6 Å². The molecule has 31 heavy (non-hydrogen) atoms. The molecule has 0 aliphatic heterocycles. The van der Waals surface area contributed by atoms with Crippen LogP contribution >= 0.6 is 0 Å². The first kappa shape index (κ1) is 21.9. The summed E-state index contributed by atoms with van der Waals surface area (Å²) in [7, 11) is 5.70. The molecule has 0 atom stereocenters. The Bertz CT molecular complexity index is 1270. The van der Waals surface area contributed by atoms with Gasteiger partial charge in [0, 0.05) is 33.9 Å². The van der Waals surface area contributed by atoms with E-state index in [2.05, 4.69) is 9.72 Å². The van der Waals surface area contributed by atoms with Crippen molar-refractivity contribution >= 4 is 16.9 Å². The maximum absolute atomic E-state index is 12.9. The van der Waals surface area contributed by atoms with Gasteiger partial charge in [0.05, 0.1) is 18.1 Å². The number of benzene rings is 1. The largest absolute Gasteiger partial charge is 0.493 e. The molecule has 0 radical (unpaired) electrons. The Morgan fingerprint density at radius 2 is 1.87 bits per heavy atom. The summed E-state index contributed by atoms with van der Waals surface area (Å²) in [5.41, 5.74) is -0.125. The molecular weight excluding hydrogens is 414 g/mol. The molecule has 0 N–H and O–H groups in total. The van der Waals surface area contributed by atoms with Crippen LogP contribution in [0.1, 0.15) is 15.9 Å². The maximum Gasteiger partial charge on any atom is 0.387 e. The average molecular weight is 434 g/mol. The van der Waals surface area contributed by atoms with Crippen molar-refractivity contribution in [3.63, 3.8) is 0 Å². The number of hydrogen-bond donors (Lipinski definition) is 0. The Hall–Kier alpha value is -3.76. The van der Waals surface area contributed by atoms with E-state index in [4.69, 9.17) is 4.74 Å². The van der Waals surface area contributed by atoms with Gasteiger partial charge in [0.15, 0.2) is 11.5 Å². The monoisotopic (exact) mass is 434 g/mol. The Morgan fingerprint density at radius 1 is 1.16 bits per heavy atom. The molecule has 3 rings (SSSR count). The Morgan fingerprint density at radius 3 is 2.52 bits per heavy atom. The van der Waals surface area contributed by atoms with Gasteiger partial charge in [-0.1, -0.05) is 6.07 Å². The van der Waals surface area contributed by atoms with Gasteiger partial charge in [0.2, 0.25) is 0 Å². The minimum Gasteiger partial charge on any atom is -0.493 e. The quantitative estimate of drug-likeness (QED) is 0.584. The predicted molar refractivity (Wildman–Crippen MR) is 108 cm³/mol. The number of hydrogen-bond acceptors (Lipinski definition) is 6. The number of rotatable bonds is 6. The van der Waals surface area contributed by atoms with Crippen LogP contribution in [0.4, 0.5) is 8.78 Å². The molecule has 0 unspecified atom stereocenters. The molecule has 2 heterocycles. The van der Waals surface area contributed by atoms with E-state index < -0.39 is 23.8 Å². The maximum atomic E-state index is 12.9. The van der Waals surface area contributed by atoms with E-state index in [9.17, 15) is 23.2 Å². The lowest BCUT2D eigenvalue weighted by atomic mass is 10.1. The summed E-state index contributed by atoms with van der Waals surface area (Å²) in [6, 6.07) is 5.75. The van der Waals surface area contributed by atoms with E-state index in [0.29, 0.717) is 5.56 Å². The van der Waals surface area contributed by atoms with Crippen LogP contribution in [0.2, 0.25) is 0 Å². The molecule has 9 nitrogen and oxygen atoms in total. The third-order valence-corrected chi connectivity index (χ3v) is 4.75. The molecule has 0 saturated heterocycles. The number of ether oxygens (including phenoxy) is 2. The van der Waals surface area contributed by atoms with Crippen molar-refractivity contribution in [2.75, 3.05) is 14.2 Å². The van der Waals surface area contributed by atoms with Crippen LogP contribution in [0.5, 0.6) is 11.5 Å². The predicted octanol–water partition coefficient (Wildman–Crippen LogP) is 1.51. The highest BCUT2D eigenvalue weighted by Crippen LogP contribution is 2.30. The molecule has 1 aromatic carbocycles. The van der Waals surface area contributed by atoms with Gasteiger partial charge in [-0.3, -0.25) is 18.7 Å². The molecule has 11 heteroatoms. The molecule has 0 fully saturated rings. The third kappa shape index (κ3) is 4.25. The number of halogens is 2. The summed E-state index contributed by atoms with van der Waals surface area (Å²) in [5, 5.41) is 0.138. The molecule has 2 aromatic heterocycles. The van der Waals surface area contributed by atoms with Gasteiger partial charge in [-0.05, 0) is 23.8 Å². The van der Waals surface area contributed by atoms with Gasteiger partial charge in [-0.2, -0.15) is 8.78 Å². The van der Waals surface area contributed by atoms with Crippen molar-refractivity contribution in [2.24, 2.45) is 14.1 Å². The van der Waals surface area contributed by atoms with E-state index in [0.717, 1.165) is 4.57 Å². The number of fused-ring (bicyclic) bond motifs is 1. The number of carbonyl (C=O) groups is 1. The minimum absolute atomic E-state index is 0.107. The van der Waals surface area contributed by atoms with Gasteiger partial charge in [-0.25, -0.2) is 9.78 Å². The lowest BCUT2D eigenvalue weighted by Gasteiger charge is -2.19. The minimum atomic E-state index is -2.99. The number of nitrogens with zero attached hydrogens (tertiary/aromatic N) is 4. The van der Waals surface area contributed by atoms with Crippen molar-refractivity contribution in [1.82, 2.24) is 19.0 Å². The van der Waals surface area contributed by atoms with Gasteiger partial charge >= 0.3 is 12.3 Å². The lowest BCUT2D eigenvalue weighted by Crippen LogP contribution is -2.37. The molecule has 0 spiro atoms. The fraction of sp³-hybridized carbons (Fsp3) is 0.300. The van der Waals surface area contributed by atoms with Crippen LogP contribution in [0.3, 0.4) is 0 Å². The zero-order valence-electron chi connectivity index (χ0n) is 17.3. The number of pyridine rings is 1. The second kappa shape index (κ2) is 8.54. The van der Waals surface area contributed by atoms with Gasteiger partial charge in [0.25, 0.3) is 11.5 Å². The number of amides is 1. The standard InChI is InChI=1S/C20H20F2N4O5/c1-24(10-11-5-6-14(31-19(21)22)15(7-11)30-4)17(27)12-8-13-16(23-9-12)25(2)20(29)26(3)18(13)28/h5-9,19H,10H2,1-4H3. The second-order valence-electron chi connectivity index (χ2n) is 6.83. The smallest absolute Gasteiger partial charge is 0.387 e. The van der Waals surface area contributed by atoms with Gasteiger partial charge in [0.1, 0.15) is 5.65 Å². The van der Waals surface area contributed by atoms with Gasteiger partial charge < -0.3 is 14.4 Å². The number of aromatic nitrogens is 3. The molecule has 0 saturated carbocycles. The van der Waals surface area contributed by atoms with Crippen molar-refractivity contribution in [3.8, 4) is 11.5 Å². The molecule has 0 aliphatic carbocycles. The van der Waals surface area contributed by atoms with Crippen LogP contribution in [-0.2, 0) is 20.6 Å². The van der Waals surface area contributed by atoms with Crippen LogP contribution < -0.4 is 20.7 Å². The average Bonchev–Trinajstić information content (AvgIpc) is 2.75. The molecule has 3 aromatic rings. The summed E-state index contributed by atoms with van der Waals surface area (Å²) in [6.07, 6.45) is 1.29. The van der Waals surface area contributed by atoms with Crippen LogP contribution in [-0.4, -0.2) is 45.7 Å². The number of alkyl halides is 2. The summed E-state index contributed by atoms with van der Waals surface area (Å²) < 4.78 is 36.6. The first-order chi connectivity index (χ1) is 14.6. The molecule has 0 aliphatic rings. The van der Waals surface area contributed by atoms with Crippen LogP contribution in [0.25, 0.3) is 11.0 Å². The van der Waals surface area contributed by atoms with Crippen LogP contribution in [0, 0.1) is 0 Å². The van der Waals surface area contributed by atoms with Crippen LogP contribution in [0.15, 0.2) is 40.1 Å². The van der Waals surface area contributed by atoms with Crippen molar-refractivity contribution in [3.05, 3.63) is 62.4 Å². The summed E-state index contributed by atoms with van der Waals surface area (Å²) in [4.78, 5) is 42.8. The molecule has 1 amide bonds. The second-order valence-corrected chi connectivity index (χ2v) is 6.83. The summed E-state index contributed by atoms with van der Waals surface area (Å²) in [6.45, 7) is -2.86. The molecule has 0 bridgehead atoms. The number of methoxy groups -OCH3 is 1. The summed E-state index contributed by atoms with van der Waals surface area (Å²) in [5.74, 6) is -0.428. The lowest BCUT2D eigenvalue weighted by molar-refractivity contribution is -0.0512. The number of carbonyl (C=O) groups excluding carboxylic acids is 1. The zero-order chi connectivity index (χ0) is 22.9. The highest BCUT2D eigenvalue weighted by Gasteiger charge is 2.18. The van der Waals surface area contributed by atoms with Gasteiger partial charge in [-0.15, -0.1) is 0 Å². The normalized spacial score (nSPS) is 11.1. The topological polar surface area (TPSA) is 95.7 Å². The van der Waals surface area contributed by atoms with E-state index >= 15 is 0 Å². The van der Waals surface area contributed by atoms with Crippen molar-refractivity contribution in [2.45, 2.75) is 13.2 Å². The Labute approximate surface area is 175 Å². The number of aryl methyl sites for hydroxylation is 1.